The van der Waals surface area contributed by atoms with Crippen LogP contribution >= 0.6 is 0 Å². The second-order valence-corrected chi connectivity index (χ2v) is 9.10. The number of alkyl halides is 3. The van der Waals surface area contributed by atoms with Gasteiger partial charge in [0.2, 0.25) is 0 Å². The minimum Gasteiger partial charge on any atom is -0.389 e. The molecule has 4 rings (SSSR count). The monoisotopic (exact) mass is 489 g/mol. The van der Waals surface area contributed by atoms with E-state index in [0.717, 1.165) is 4.68 Å². The molecule has 12 heteroatoms. The minimum absolute atomic E-state index is 0.0201. The molecule has 0 saturated carbocycles. The summed E-state index contributed by atoms with van der Waals surface area (Å²) in [5.74, 6) is 0.423. The maximum atomic E-state index is 12.8. The number of anilines is 2. The maximum Gasteiger partial charge on any atom is 0.408 e. The van der Waals surface area contributed by atoms with Crippen molar-refractivity contribution in [1.82, 2.24) is 24.7 Å². The molecule has 1 unspecified atom stereocenters. The SMILES string of the molecule is C[C@@H]1CN(c2cc(NC(=O)c3cccc(-c4cnn(CC(F)(F)F)c4)n3)ncn2)C[C@H](C)C1(C)O. The van der Waals surface area contributed by atoms with Crippen molar-refractivity contribution < 1.29 is 23.1 Å². The fourth-order valence-corrected chi connectivity index (χ4v) is 4.03. The van der Waals surface area contributed by atoms with Crippen LogP contribution in [0, 0.1) is 11.8 Å². The highest BCUT2D eigenvalue weighted by atomic mass is 19.4. The van der Waals surface area contributed by atoms with Crippen LogP contribution in [0.4, 0.5) is 24.8 Å². The second kappa shape index (κ2) is 9.25. The Hall–Kier alpha value is -3.54. The van der Waals surface area contributed by atoms with Gasteiger partial charge in [0.15, 0.2) is 0 Å². The summed E-state index contributed by atoms with van der Waals surface area (Å²) in [5, 5.41) is 17.1. The van der Waals surface area contributed by atoms with Crippen LogP contribution in [-0.4, -0.2) is 60.6 Å². The van der Waals surface area contributed by atoms with Crippen molar-refractivity contribution in [3.8, 4) is 11.3 Å². The largest absolute Gasteiger partial charge is 0.408 e. The van der Waals surface area contributed by atoms with E-state index in [-0.39, 0.29) is 23.3 Å². The normalized spacial score (nSPS) is 22.8. The second-order valence-electron chi connectivity index (χ2n) is 9.10. The number of carbonyl (C=O) groups is 1. The average molecular weight is 490 g/mol. The van der Waals surface area contributed by atoms with Crippen molar-refractivity contribution in [1.29, 1.82) is 0 Å². The third-order valence-electron chi connectivity index (χ3n) is 6.45. The molecule has 3 atom stereocenters. The first-order valence-corrected chi connectivity index (χ1v) is 11.1. The lowest BCUT2D eigenvalue weighted by Crippen LogP contribution is -2.55. The van der Waals surface area contributed by atoms with Crippen LogP contribution in [0.5, 0.6) is 0 Å². The van der Waals surface area contributed by atoms with Crippen molar-refractivity contribution in [2.75, 3.05) is 23.3 Å². The van der Waals surface area contributed by atoms with Crippen LogP contribution in [0.3, 0.4) is 0 Å². The number of amides is 1. The Kier molecular flexibility index (Phi) is 6.50. The molecular formula is C23H26F3N7O2. The van der Waals surface area contributed by atoms with Gasteiger partial charge in [0.1, 0.15) is 30.2 Å². The number of hydrogen-bond donors (Lipinski definition) is 2. The molecule has 4 heterocycles. The molecule has 2 N–H and O–H groups in total. The standard InChI is InChI=1S/C23H26F3N7O2/c1-14-9-32(10-15(2)22(14,3)35)20-7-19(27-13-28-20)31-21(34)18-6-4-5-17(30-18)16-8-29-33(11-16)12-23(24,25)26/h4-8,11,13-15,35H,9-10,12H2,1-3H3,(H,27,28,31,34)/t14-,15+,22?. The average Bonchev–Trinajstić information content (AvgIpc) is 3.24. The van der Waals surface area contributed by atoms with Crippen molar-refractivity contribution in [3.05, 3.63) is 48.7 Å². The lowest BCUT2D eigenvalue weighted by molar-refractivity contribution is -0.142. The molecule has 1 saturated heterocycles. The zero-order chi connectivity index (χ0) is 25.4. The Balaban J connectivity index is 1.47. The molecule has 9 nitrogen and oxygen atoms in total. The van der Waals surface area contributed by atoms with Crippen LogP contribution < -0.4 is 10.2 Å². The number of hydrogen-bond acceptors (Lipinski definition) is 7. The summed E-state index contributed by atoms with van der Waals surface area (Å²) in [6.07, 6.45) is -0.542. The third kappa shape index (κ3) is 5.59. The molecule has 0 aliphatic carbocycles. The van der Waals surface area contributed by atoms with E-state index in [1.807, 2.05) is 25.7 Å². The van der Waals surface area contributed by atoms with E-state index in [0.29, 0.717) is 30.2 Å². The van der Waals surface area contributed by atoms with Crippen LogP contribution in [0.1, 0.15) is 31.3 Å². The van der Waals surface area contributed by atoms with Gasteiger partial charge in [-0.15, -0.1) is 0 Å². The molecule has 0 radical (unpaired) electrons. The van der Waals surface area contributed by atoms with E-state index < -0.39 is 24.2 Å². The molecule has 0 spiro atoms. The number of aliphatic hydroxyl groups is 1. The summed E-state index contributed by atoms with van der Waals surface area (Å²) in [6.45, 7) is 5.81. The predicted octanol–water partition coefficient (Wildman–Crippen LogP) is 3.39. The number of aromatic nitrogens is 5. The molecule has 35 heavy (non-hydrogen) atoms. The zero-order valence-corrected chi connectivity index (χ0v) is 19.5. The van der Waals surface area contributed by atoms with Crippen LogP contribution in [0.2, 0.25) is 0 Å². The first-order chi connectivity index (χ1) is 16.4. The van der Waals surface area contributed by atoms with E-state index in [1.54, 1.807) is 18.2 Å². The van der Waals surface area contributed by atoms with E-state index in [9.17, 15) is 23.1 Å². The fraction of sp³-hybridized carbons (Fsp3) is 0.435. The van der Waals surface area contributed by atoms with Gasteiger partial charge in [-0.05, 0) is 19.1 Å². The quantitative estimate of drug-likeness (QED) is 0.566. The molecular weight excluding hydrogens is 463 g/mol. The molecule has 0 bridgehead atoms. The topological polar surface area (TPSA) is 109 Å². The van der Waals surface area contributed by atoms with E-state index in [1.165, 1.54) is 24.8 Å². The molecule has 3 aromatic heterocycles. The lowest BCUT2D eigenvalue weighted by atomic mass is 9.76. The Labute approximate surface area is 200 Å². The smallest absolute Gasteiger partial charge is 0.389 e. The van der Waals surface area contributed by atoms with Gasteiger partial charge < -0.3 is 15.3 Å². The van der Waals surface area contributed by atoms with Gasteiger partial charge >= 0.3 is 6.18 Å². The lowest BCUT2D eigenvalue weighted by Gasteiger charge is -2.46. The molecule has 186 valence electrons. The number of rotatable bonds is 5. The van der Waals surface area contributed by atoms with Gasteiger partial charge in [-0.3, -0.25) is 9.48 Å². The van der Waals surface area contributed by atoms with Gasteiger partial charge in [0, 0.05) is 42.8 Å². The van der Waals surface area contributed by atoms with E-state index in [2.05, 4.69) is 25.4 Å². The summed E-state index contributed by atoms with van der Waals surface area (Å²) < 4.78 is 38.6. The molecule has 3 aromatic rings. The van der Waals surface area contributed by atoms with Gasteiger partial charge in [-0.25, -0.2) is 15.0 Å². The Morgan fingerprint density at radius 3 is 2.63 bits per heavy atom. The molecule has 1 aliphatic heterocycles. The first-order valence-electron chi connectivity index (χ1n) is 11.1. The van der Waals surface area contributed by atoms with Crippen LogP contribution in [0.15, 0.2) is 43.0 Å². The number of nitrogens with zero attached hydrogens (tertiary/aromatic N) is 6. The van der Waals surface area contributed by atoms with Gasteiger partial charge in [-0.1, -0.05) is 19.9 Å². The number of halogens is 3. The van der Waals surface area contributed by atoms with Crippen molar-refractivity contribution in [3.63, 3.8) is 0 Å². The minimum atomic E-state index is -4.39. The van der Waals surface area contributed by atoms with Crippen LogP contribution in [-0.2, 0) is 6.54 Å². The van der Waals surface area contributed by atoms with Crippen molar-refractivity contribution in [2.24, 2.45) is 11.8 Å². The molecule has 1 aliphatic rings. The summed E-state index contributed by atoms with van der Waals surface area (Å²) in [7, 11) is 0. The zero-order valence-electron chi connectivity index (χ0n) is 19.5. The predicted molar refractivity (Wildman–Crippen MR) is 123 cm³/mol. The summed E-state index contributed by atoms with van der Waals surface area (Å²) in [6, 6.07) is 6.33. The first kappa shape index (κ1) is 24.6. The maximum absolute atomic E-state index is 12.8. The van der Waals surface area contributed by atoms with Gasteiger partial charge in [0.05, 0.1) is 17.5 Å². The molecule has 1 fully saturated rings. The highest BCUT2D eigenvalue weighted by Crippen LogP contribution is 2.34. The highest BCUT2D eigenvalue weighted by molar-refractivity contribution is 6.02. The fourth-order valence-electron chi connectivity index (χ4n) is 4.03. The number of pyridine rings is 1. The summed E-state index contributed by atoms with van der Waals surface area (Å²) in [5.41, 5.74) is -0.0294. The summed E-state index contributed by atoms with van der Waals surface area (Å²) in [4.78, 5) is 27.6. The highest BCUT2D eigenvalue weighted by Gasteiger charge is 2.40. The molecule has 1 amide bonds. The summed E-state index contributed by atoms with van der Waals surface area (Å²) >= 11 is 0. The van der Waals surface area contributed by atoms with Gasteiger partial charge in [0.25, 0.3) is 5.91 Å². The van der Waals surface area contributed by atoms with Crippen molar-refractivity contribution >= 4 is 17.5 Å². The Bertz CT molecular complexity index is 1200. The number of nitrogens with one attached hydrogen (secondary N) is 1. The van der Waals surface area contributed by atoms with E-state index >= 15 is 0 Å². The van der Waals surface area contributed by atoms with E-state index in [4.69, 9.17) is 0 Å². The number of piperidine rings is 1. The van der Waals surface area contributed by atoms with Crippen LogP contribution in [0.25, 0.3) is 11.3 Å². The Morgan fingerprint density at radius 2 is 1.94 bits per heavy atom. The Morgan fingerprint density at radius 1 is 1.23 bits per heavy atom. The van der Waals surface area contributed by atoms with Gasteiger partial charge in [-0.2, -0.15) is 18.3 Å². The van der Waals surface area contributed by atoms with Crippen molar-refractivity contribution in [2.45, 2.75) is 39.1 Å². The third-order valence-corrected chi connectivity index (χ3v) is 6.45. The molecule has 0 aromatic carbocycles. The number of carbonyl (C=O) groups excluding carboxylic acids is 1.